The van der Waals surface area contributed by atoms with Gasteiger partial charge in [0.2, 0.25) is 0 Å². The molecule has 0 saturated carbocycles. The standard InChI is InChI=1S/C29H22N2O4S2/c1-34-24-14-12-21(13-15-24)27(32)30-31-28(33)26(37-29(31)36)17-23-8-4-5-9-25(23)35-18-19-10-11-20-6-2-3-7-22(20)16-19/h2-17H,18H2,1H3,(H,30,32)/b26-17-. The maximum atomic E-state index is 13.1. The molecule has 1 heterocycles. The molecule has 0 spiro atoms. The van der Waals surface area contributed by atoms with E-state index >= 15 is 0 Å². The fourth-order valence-corrected chi connectivity index (χ4v) is 5.01. The number of hydrogen-bond donors (Lipinski definition) is 1. The third-order valence-electron chi connectivity index (χ3n) is 5.77. The molecule has 0 aromatic heterocycles. The molecule has 1 N–H and O–H groups in total. The van der Waals surface area contributed by atoms with Gasteiger partial charge in [0.05, 0.1) is 12.0 Å². The molecule has 8 heteroatoms. The van der Waals surface area contributed by atoms with E-state index in [4.69, 9.17) is 21.7 Å². The number of para-hydroxylation sites is 1. The lowest BCUT2D eigenvalue weighted by Gasteiger charge is -2.15. The average Bonchev–Trinajstić information content (AvgIpc) is 3.19. The summed E-state index contributed by atoms with van der Waals surface area (Å²) in [6, 6.07) is 28.5. The Morgan fingerprint density at radius 2 is 1.70 bits per heavy atom. The van der Waals surface area contributed by atoms with Crippen molar-refractivity contribution in [3.63, 3.8) is 0 Å². The second-order valence-electron chi connectivity index (χ2n) is 8.19. The Hall–Kier alpha value is -4.14. The fourth-order valence-electron chi connectivity index (χ4n) is 3.83. The van der Waals surface area contributed by atoms with Crippen LogP contribution in [0.4, 0.5) is 0 Å². The minimum Gasteiger partial charge on any atom is -0.497 e. The van der Waals surface area contributed by atoms with Crippen molar-refractivity contribution >= 4 is 57.0 Å². The van der Waals surface area contributed by atoms with Gasteiger partial charge in [0.25, 0.3) is 11.8 Å². The van der Waals surface area contributed by atoms with Crippen LogP contribution in [0.3, 0.4) is 0 Å². The number of carbonyl (C=O) groups is 2. The summed E-state index contributed by atoms with van der Waals surface area (Å²) in [7, 11) is 1.55. The number of thiocarbonyl (C=S) groups is 1. The van der Waals surface area contributed by atoms with Crippen LogP contribution in [0.2, 0.25) is 0 Å². The van der Waals surface area contributed by atoms with Crippen molar-refractivity contribution in [2.75, 3.05) is 7.11 Å². The Kier molecular flexibility index (Phi) is 7.20. The van der Waals surface area contributed by atoms with Crippen LogP contribution in [0.1, 0.15) is 21.5 Å². The number of ether oxygens (including phenoxy) is 2. The molecule has 0 atom stereocenters. The van der Waals surface area contributed by atoms with Crippen molar-refractivity contribution in [1.82, 2.24) is 10.4 Å². The van der Waals surface area contributed by atoms with Crippen LogP contribution in [-0.4, -0.2) is 28.3 Å². The molecule has 1 saturated heterocycles. The van der Waals surface area contributed by atoms with Crippen molar-refractivity contribution < 1.29 is 19.1 Å². The van der Waals surface area contributed by atoms with E-state index in [-0.39, 0.29) is 4.32 Å². The van der Waals surface area contributed by atoms with E-state index in [1.165, 1.54) is 5.39 Å². The number of rotatable bonds is 7. The molecule has 2 amide bonds. The molecule has 1 aliphatic rings. The predicted octanol–water partition coefficient (Wildman–Crippen LogP) is 5.97. The summed E-state index contributed by atoms with van der Waals surface area (Å²) in [6.45, 7) is 0.383. The molecule has 0 radical (unpaired) electrons. The smallest absolute Gasteiger partial charge is 0.285 e. The molecule has 6 nitrogen and oxygen atoms in total. The molecule has 0 unspecified atom stereocenters. The van der Waals surface area contributed by atoms with Crippen LogP contribution >= 0.6 is 24.0 Å². The van der Waals surface area contributed by atoms with Crippen LogP contribution in [0.25, 0.3) is 16.8 Å². The third-order valence-corrected chi connectivity index (χ3v) is 7.08. The van der Waals surface area contributed by atoms with E-state index < -0.39 is 11.8 Å². The van der Waals surface area contributed by atoms with E-state index in [2.05, 4.69) is 29.7 Å². The minimum absolute atomic E-state index is 0.243. The molecular formula is C29H22N2O4S2. The molecule has 37 heavy (non-hydrogen) atoms. The monoisotopic (exact) mass is 526 g/mol. The molecule has 1 fully saturated rings. The van der Waals surface area contributed by atoms with Gasteiger partial charge in [-0.25, -0.2) is 0 Å². The second-order valence-corrected chi connectivity index (χ2v) is 9.87. The van der Waals surface area contributed by atoms with Gasteiger partial charge in [0, 0.05) is 11.1 Å². The van der Waals surface area contributed by atoms with Crippen molar-refractivity contribution in [3.05, 3.63) is 113 Å². The average molecular weight is 527 g/mol. The summed E-state index contributed by atoms with van der Waals surface area (Å²) < 4.78 is 11.5. The van der Waals surface area contributed by atoms with Gasteiger partial charge >= 0.3 is 0 Å². The van der Waals surface area contributed by atoms with E-state index in [0.717, 1.165) is 33.3 Å². The summed E-state index contributed by atoms with van der Waals surface area (Å²) >= 11 is 6.49. The van der Waals surface area contributed by atoms with Gasteiger partial charge in [0.1, 0.15) is 18.1 Å². The van der Waals surface area contributed by atoms with Crippen molar-refractivity contribution in [2.24, 2.45) is 0 Å². The first-order valence-electron chi connectivity index (χ1n) is 11.4. The number of fused-ring (bicyclic) bond motifs is 1. The Morgan fingerprint density at radius 3 is 2.49 bits per heavy atom. The highest BCUT2D eigenvalue weighted by atomic mass is 32.2. The van der Waals surface area contributed by atoms with Gasteiger partial charge in [-0.05, 0) is 71.0 Å². The molecule has 4 aromatic rings. The van der Waals surface area contributed by atoms with E-state index in [1.54, 1.807) is 37.5 Å². The summed E-state index contributed by atoms with van der Waals surface area (Å²) in [5, 5.41) is 3.42. The lowest BCUT2D eigenvalue weighted by atomic mass is 10.1. The van der Waals surface area contributed by atoms with Gasteiger partial charge in [0.15, 0.2) is 4.32 Å². The van der Waals surface area contributed by atoms with Crippen LogP contribution in [0, 0.1) is 0 Å². The predicted molar refractivity (Wildman–Crippen MR) is 150 cm³/mol. The SMILES string of the molecule is COc1ccc(C(=O)NN2C(=O)/C(=C/c3ccccc3OCc3ccc4ccccc4c3)SC2=S)cc1. The number of nitrogens with zero attached hydrogens (tertiary/aromatic N) is 1. The molecule has 0 aliphatic carbocycles. The zero-order valence-corrected chi connectivity index (χ0v) is 21.5. The summed E-state index contributed by atoms with van der Waals surface area (Å²) in [5.41, 5.74) is 4.76. The number of thioether (sulfide) groups is 1. The summed E-state index contributed by atoms with van der Waals surface area (Å²) in [5.74, 6) is 0.426. The van der Waals surface area contributed by atoms with Crippen molar-refractivity contribution in [1.29, 1.82) is 0 Å². The fraction of sp³-hybridized carbons (Fsp3) is 0.0690. The molecule has 184 valence electrons. The van der Waals surface area contributed by atoms with E-state index in [0.29, 0.717) is 28.6 Å². The zero-order chi connectivity index (χ0) is 25.8. The quantitative estimate of drug-likeness (QED) is 0.236. The number of hydrogen-bond acceptors (Lipinski definition) is 6. The number of carbonyl (C=O) groups excluding carboxylic acids is 2. The number of amides is 2. The first-order valence-corrected chi connectivity index (χ1v) is 12.7. The number of nitrogens with one attached hydrogen (secondary N) is 1. The minimum atomic E-state index is -0.445. The summed E-state index contributed by atoms with van der Waals surface area (Å²) in [4.78, 5) is 26.1. The summed E-state index contributed by atoms with van der Waals surface area (Å²) in [6.07, 6.45) is 1.73. The second kappa shape index (κ2) is 10.9. The van der Waals surface area contributed by atoms with Crippen molar-refractivity contribution in [2.45, 2.75) is 6.61 Å². The highest BCUT2D eigenvalue weighted by molar-refractivity contribution is 8.26. The normalized spacial score (nSPS) is 14.3. The van der Waals surface area contributed by atoms with Gasteiger partial charge in [-0.15, -0.1) is 0 Å². The molecule has 4 aromatic carbocycles. The van der Waals surface area contributed by atoms with Crippen LogP contribution in [0.5, 0.6) is 11.5 Å². The molecule has 5 rings (SSSR count). The Labute approximate surface area is 223 Å². The highest BCUT2D eigenvalue weighted by Crippen LogP contribution is 2.33. The van der Waals surface area contributed by atoms with Gasteiger partial charge in [-0.1, -0.05) is 66.4 Å². The third kappa shape index (κ3) is 5.50. The van der Waals surface area contributed by atoms with Crippen LogP contribution in [0.15, 0.2) is 95.9 Å². The maximum absolute atomic E-state index is 13.1. The van der Waals surface area contributed by atoms with Gasteiger partial charge < -0.3 is 9.47 Å². The Bertz CT molecular complexity index is 1530. The Balaban J connectivity index is 1.30. The zero-order valence-electron chi connectivity index (χ0n) is 19.8. The van der Waals surface area contributed by atoms with Crippen LogP contribution < -0.4 is 14.9 Å². The first kappa shape index (κ1) is 24.5. The topological polar surface area (TPSA) is 67.9 Å². The lowest BCUT2D eigenvalue weighted by molar-refractivity contribution is -0.123. The number of hydrazine groups is 1. The Morgan fingerprint density at radius 1 is 0.973 bits per heavy atom. The lowest BCUT2D eigenvalue weighted by Crippen LogP contribution is -2.44. The molecule has 1 aliphatic heterocycles. The molecular weight excluding hydrogens is 504 g/mol. The number of benzene rings is 4. The van der Waals surface area contributed by atoms with Gasteiger partial charge in [-0.3, -0.25) is 15.0 Å². The number of methoxy groups -OCH3 is 1. The van der Waals surface area contributed by atoms with E-state index in [1.807, 2.05) is 42.5 Å². The van der Waals surface area contributed by atoms with Gasteiger partial charge in [-0.2, -0.15) is 5.01 Å². The first-order chi connectivity index (χ1) is 18.0. The largest absolute Gasteiger partial charge is 0.497 e. The van der Waals surface area contributed by atoms with E-state index in [9.17, 15) is 9.59 Å². The molecule has 0 bridgehead atoms. The maximum Gasteiger partial charge on any atom is 0.285 e. The van der Waals surface area contributed by atoms with Crippen LogP contribution in [-0.2, 0) is 11.4 Å². The van der Waals surface area contributed by atoms with Crippen molar-refractivity contribution in [3.8, 4) is 11.5 Å². The highest BCUT2D eigenvalue weighted by Gasteiger charge is 2.34.